The van der Waals surface area contributed by atoms with Crippen molar-refractivity contribution in [3.8, 4) is 5.75 Å². The number of hydrogen-bond donors (Lipinski definition) is 2. The van der Waals surface area contributed by atoms with Crippen LogP contribution in [0.3, 0.4) is 0 Å². The fraction of sp³-hybridized carbons (Fsp3) is 0.125. The summed E-state index contributed by atoms with van der Waals surface area (Å²) in [5.74, 6) is -1.31. The highest BCUT2D eigenvalue weighted by atomic mass is 19.1. The number of amides is 2. The number of carbonyl (C=O) groups excluding carboxylic acids is 2. The fourth-order valence-electron chi connectivity index (χ4n) is 1.94. The SMILES string of the molecule is COc1cc(NC(=O)Nc2cc(F)ccc2F)ccc1C(C)=O. The monoisotopic (exact) mass is 320 g/mol. The first-order valence-corrected chi connectivity index (χ1v) is 6.62. The third-order valence-electron chi connectivity index (χ3n) is 3.02. The number of Topliss-reactive ketones (excluding diaryl/α,β-unsaturated/α-hetero) is 1. The van der Waals surface area contributed by atoms with Gasteiger partial charge in [0.15, 0.2) is 5.78 Å². The lowest BCUT2D eigenvalue weighted by molar-refractivity contribution is 0.101. The van der Waals surface area contributed by atoms with E-state index >= 15 is 0 Å². The molecule has 0 fully saturated rings. The molecule has 2 aromatic rings. The van der Waals surface area contributed by atoms with Crippen LogP contribution in [0.1, 0.15) is 17.3 Å². The molecule has 7 heteroatoms. The Bertz CT molecular complexity index is 763. The second-order valence-electron chi connectivity index (χ2n) is 4.67. The summed E-state index contributed by atoms with van der Waals surface area (Å²) < 4.78 is 31.6. The van der Waals surface area contributed by atoms with Gasteiger partial charge in [-0.25, -0.2) is 13.6 Å². The number of methoxy groups -OCH3 is 1. The topological polar surface area (TPSA) is 67.4 Å². The molecule has 0 atom stereocenters. The number of rotatable bonds is 4. The molecule has 2 rings (SSSR count). The molecule has 0 spiro atoms. The van der Waals surface area contributed by atoms with Crippen LogP contribution in [0.4, 0.5) is 25.0 Å². The Balaban J connectivity index is 2.14. The average Bonchev–Trinajstić information content (AvgIpc) is 2.50. The van der Waals surface area contributed by atoms with Gasteiger partial charge < -0.3 is 15.4 Å². The number of benzene rings is 2. The standard InChI is InChI=1S/C16H14F2N2O3/c1-9(21)12-5-4-11(8-15(12)23-2)19-16(22)20-14-7-10(17)3-6-13(14)18/h3-8H,1-2H3,(H2,19,20,22). The van der Waals surface area contributed by atoms with Gasteiger partial charge in [-0.15, -0.1) is 0 Å². The predicted molar refractivity (Wildman–Crippen MR) is 82.0 cm³/mol. The van der Waals surface area contributed by atoms with E-state index < -0.39 is 17.7 Å². The summed E-state index contributed by atoms with van der Waals surface area (Å²) in [6.45, 7) is 1.39. The minimum atomic E-state index is -0.758. The Kier molecular flexibility index (Phi) is 4.90. The first-order chi connectivity index (χ1) is 10.9. The van der Waals surface area contributed by atoms with Gasteiger partial charge in [-0.3, -0.25) is 4.79 Å². The third kappa shape index (κ3) is 4.03. The van der Waals surface area contributed by atoms with E-state index in [4.69, 9.17) is 4.74 Å². The zero-order chi connectivity index (χ0) is 17.0. The summed E-state index contributed by atoms with van der Waals surface area (Å²) in [6, 6.07) is 6.43. The molecule has 120 valence electrons. The van der Waals surface area contributed by atoms with E-state index in [1.165, 1.54) is 32.2 Å². The molecule has 0 radical (unpaired) electrons. The molecule has 2 N–H and O–H groups in total. The van der Waals surface area contributed by atoms with Crippen LogP contribution in [0.25, 0.3) is 0 Å². The molecule has 0 aliphatic rings. The summed E-state index contributed by atoms with van der Waals surface area (Å²) in [7, 11) is 1.40. The molecule has 5 nitrogen and oxygen atoms in total. The van der Waals surface area contributed by atoms with Crippen molar-refractivity contribution < 1.29 is 23.1 Å². The molecule has 0 unspecified atom stereocenters. The number of urea groups is 1. The quantitative estimate of drug-likeness (QED) is 0.842. The summed E-state index contributed by atoms with van der Waals surface area (Å²) in [4.78, 5) is 23.3. The highest BCUT2D eigenvalue weighted by Gasteiger charge is 2.12. The van der Waals surface area contributed by atoms with E-state index in [1.807, 2.05) is 0 Å². The van der Waals surface area contributed by atoms with E-state index in [9.17, 15) is 18.4 Å². The van der Waals surface area contributed by atoms with E-state index in [1.54, 1.807) is 0 Å². The molecular formula is C16H14F2N2O3. The first kappa shape index (κ1) is 16.4. The smallest absolute Gasteiger partial charge is 0.323 e. The lowest BCUT2D eigenvalue weighted by Crippen LogP contribution is -2.20. The van der Waals surface area contributed by atoms with Crippen LogP contribution in [-0.4, -0.2) is 18.9 Å². The summed E-state index contributed by atoms with van der Waals surface area (Å²) in [5, 5.41) is 4.65. The van der Waals surface area contributed by atoms with E-state index in [0.29, 0.717) is 17.0 Å². The predicted octanol–water partition coefficient (Wildman–Crippen LogP) is 3.82. The van der Waals surface area contributed by atoms with Gasteiger partial charge in [0, 0.05) is 17.8 Å². The van der Waals surface area contributed by atoms with Crippen LogP contribution in [0.2, 0.25) is 0 Å². The molecule has 0 heterocycles. The van der Waals surface area contributed by atoms with Gasteiger partial charge in [-0.2, -0.15) is 0 Å². The molecule has 0 saturated heterocycles. The van der Waals surface area contributed by atoms with Crippen molar-refractivity contribution >= 4 is 23.2 Å². The van der Waals surface area contributed by atoms with E-state index in [-0.39, 0.29) is 11.5 Å². The van der Waals surface area contributed by atoms with Gasteiger partial charge in [-0.1, -0.05) is 0 Å². The highest BCUT2D eigenvalue weighted by molar-refractivity contribution is 6.01. The van der Waals surface area contributed by atoms with Gasteiger partial charge in [0.2, 0.25) is 0 Å². The van der Waals surface area contributed by atoms with Crippen LogP contribution < -0.4 is 15.4 Å². The molecule has 2 amide bonds. The summed E-state index contributed by atoms with van der Waals surface area (Å²) in [5.41, 5.74) is 0.422. The summed E-state index contributed by atoms with van der Waals surface area (Å²) in [6.07, 6.45) is 0. The van der Waals surface area contributed by atoms with Crippen molar-refractivity contribution in [3.63, 3.8) is 0 Å². The highest BCUT2D eigenvalue weighted by Crippen LogP contribution is 2.24. The Morgan fingerprint density at radius 3 is 2.43 bits per heavy atom. The van der Waals surface area contributed by atoms with Gasteiger partial charge in [0.1, 0.15) is 17.4 Å². The number of ether oxygens (including phenoxy) is 1. The maximum atomic E-state index is 13.5. The maximum absolute atomic E-state index is 13.5. The van der Waals surface area contributed by atoms with Crippen molar-refractivity contribution in [3.05, 3.63) is 53.6 Å². The molecule has 2 aromatic carbocycles. The third-order valence-corrected chi connectivity index (χ3v) is 3.02. The van der Waals surface area contributed by atoms with Crippen molar-refractivity contribution in [2.24, 2.45) is 0 Å². The number of nitrogens with one attached hydrogen (secondary N) is 2. The molecule has 0 aromatic heterocycles. The Hall–Kier alpha value is -2.96. The summed E-state index contributed by atoms with van der Waals surface area (Å²) >= 11 is 0. The van der Waals surface area contributed by atoms with E-state index in [2.05, 4.69) is 10.6 Å². The lowest BCUT2D eigenvalue weighted by atomic mass is 10.1. The number of hydrogen-bond acceptors (Lipinski definition) is 3. The Morgan fingerprint density at radius 2 is 1.78 bits per heavy atom. The number of anilines is 2. The fourth-order valence-corrected chi connectivity index (χ4v) is 1.94. The normalized spacial score (nSPS) is 10.1. The van der Waals surface area contributed by atoms with Gasteiger partial charge in [0.25, 0.3) is 0 Å². The molecule has 0 aliphatic carbocycles. The second-order valence-corrected chi connectivity index (χ2v) is 4.67. The van der Waals surface area contributed by atoms with Crippen LogP contribution in [0.5, 0.6) is 5.75 Å². The molecule has 0 aliphatic heterocycles. The van der Waals surface area contributed by atoms with Gasteiger partial charge >= 0.3 is 6.03 Å². The second kappa shape index (κ2) is 6.87. The zero-order valence-electron chi connectivity index (χ0n) is 12.4. The molecule has 0 bridgehead atoms. The van der Waals surface area contributed by atoms with Crippen molar-refractivity contribution in [2.75, 3.05) is 17.7 Å². The largest absolute Gasteiger partial charge is 0.496 e. The van der Waals surface area contributed by atoms with Gasteiger partial charge in [-0.05, 0) is 31.2 Å². The number of carbonyl (C=O) groups is 2. The number of ketones is 1. The van der Waals surface area contributed by atoms with Crippen molar-refractivity contribution in [1.82, 2.24) is 0 Å². The zero-order valence-corrected chi connectivity index (χ0v) is 12.4. The van der Waals surface area contributed by atoms with Crippen LogP contribution >= 0.6 is 0 Å². The minimum Gasteiger partial charge on any atom is -0.496 e. The van der Waals surface area contributed by atoms with Crippen molar-refractivity contribution in [1.29, 1.82) is 0 Å². The van der Waals surface area contributed by atoms with Crippen molar-refractivity contribution in [2.45, 2.75) is 6.92 Å². The first-order valence-electron chi connectivity index (χ1n) is 6.62. The van der Waals surface area contributed by atoms with Crippen LogP contribution in [-0.2, 0) is 0 Å². The van der Waals surface area contributed by atoms with Gasteiger partial charge in [0.05, 0.1) is 18.4 Å². The van der Waals surface area contributed by atoms with Crippen LogP contribution in [0, 0.1) is 11.6 Å². The number of halogens is 2. The molecule has 0 saturated carbocycles. The Labute approximate surface area is 131 Å². The average molecular weight is 320 g/mol. The molecule has 23 heavy (non-hydrogen) atoms. The maximum Gasteiger partial charge on any atom is 0.323 e. The Morgan fingerprint density at radius 1 is 1.04 bits per heavy atom. The van der Waals surface area contributed by atoms with E-state index in [0.717, 1.165) is 18.2 Å². The minimum absolute atomic E-state index is 0.181. The molecular weight excluding hydrogens is 306 g/mol. The van der Waals surface area contributed by atoms with Crippen LogP contribution in [0.15, 0.2) is 36.4 Å². The lowest BCUT2D eigenvalue weighted by Gasteiger charge is -2.11.